The van der Waals surface area contributed by atoms with Crippen LogP contribution >= 0.6 is 0 Å². The van der Waals surface area contributed by atoms with Crippen molar-refractivity contribution in [1.82, 2.24) is 0 Å². The molecule has 1 aromatic carbocycles. The quantitative estimate of drug-likeness (QED) is 0.799. The Kier molecular flexibility index (Phi) is 2.12. The first-order valence-electron chi connectivity index (χ1n) is 5.11. The molecule has 1 aliphatic carbocycles. The molecule has 0 aromatic heterocycles. The van der Waals surface area contributed by atoms with Gasteiger partial charge < -0.3 is 5.73 Å². The Morgan fingerprint density at radius 2 is 1.87 bits per heavy atom. The van der Waals surface area contributed by atoms with Gasteiger partial charge >= 0.3 is 0 Å². The number of benzene rings is 1. The van der Waals surface area contributed by atoms with Crippen molar-refractivity contribution in [3.05, 3.63) is 35.4 Å². The van der Waals surface area contributed by atoms with Crippen LogP contribution in [-0.4, -0.2) is 5.54 Å². The molecular formula is C12H15F2N. The van der Waals surface area contributed by atoms with Crippen LogP contribution in [0, 0.1) is 11.6 Å². The number of rotatable bonds is 2. The molecule has 0 unspecified atom stereocenters. The van der Waals surface area contributed by atoms with E-state index in [1.807, 2.05) is 13.8 Å². The summed E-state index contributed by atoms with van der Waals surface area (Å²) in [7, 11) is 0. The van der Waals surface area contributed by atoms with E-state index in [4.69, 9.17) is 5.73 Å². The highest BCUT2D eigenvalue weighted by molar-refractivity contribution is 5.37. The van der Waals surface area contributed by atoms with Crippen LogP contribution in [0.3, 0.4) is 0 Å². The van der Waals surface area contributed by atoms with Gasteiger partial charge in [-0.25, -0.2) is 8.78 Å². The molecule has 0 amide bonds. The maximum absolute atomic E-state index is 13.6. The van der Waals surface area contributed by atoms with Gasteiger partial charge in [0.2, 0.25) is 0 Å². The molecule has 0 spiro atoms. The molecule has 1 fully saturated rings. The van der Waals surface area contributed by atoms with E-state index >= 15 is 0 Å². The first-order valence-corrected chi connectivity index (χ1v) is 5.11. The number of hydrogen-bond acceptors (Lipinski definition) is 1. The average Bonchev–Trinajstić information content (AvgIpc) is 2.88. The lowest BCUT2D eigenvalue weighted by molar-refractivity contribution is 0.377. The zero-order valence-corrected chi connectivity index (χ0v) is 8.98. The molecule has 0 bridgehead atoms. The van der Waals surface area contributed by atoms with Crippen LogP contribution in [0.4, 0.5) is 8.78 Å². The Labute approximate surface area is 88.3 Å². The number of halogens is 2. The van der Waals surface area contributed by atoms with Gasteiger partial charge in [0, 0.05) is 11.0 Å². The predicted octanol–water partition coefficient (Wildman–Crippen LogP) is 2.73. The van der Waals surface area contributed by atoms with Crippen LogP contribution in [-0.2, 0) is 5.41 Å². The topological polar surface area (TPSA) is 26.0 Å². The Balaban J connectivity index is 2.50. The Bertz CT molecular complexity index is 389. The third kappa shape index (κ3) is 1.55. The molecule has 1 nitrogen and oxygen atoms in total. The van der Waals surface area contributed by atoms with E-state index in [2.05, 4.69) is 0 Å². The van der Waals surface area contributed by atoms with Crippen LogP contribution in [0.1, 0.15) is 32.3 Å². The van der Waals surface area contributed by atoms with Crippen molar-refractivity contribution in [2.45, 2.75) is 37.6 Å². The van der Waals surface area contributed by atoms with Gasteiger partial charge in [-0.1, -0.05) is 0 Å². The van der Waals surface area contributed by atoms with Crippen LogP contribution in [0.5, 0.6) is 0 Å². The smallest absolute Gasteiger partial charge is 0.127 e. The maximum Gasteiger partial charge on any atom is 0.127 e. The summed E-state index contributed by atoms with van der Waals surface area (Å²) in [6.45, 7) is 3.73. The summed E-state index contributed by atoms with van der Waals surface area (Å²) >= 11 is 0. The molecule has 3 heteroatoms. The lowest BCUT2D eigenvalue weighted by Crippen LogP contribution is -2.45. The first kappa shape index (κ1) is 10.6. The summed E-state index contributed by atoms with van der Waals surface area (Å²) in [5.74, 6) is -0.755. The zero-order valence-electron chi connectivity index (χ0n) is 8.98. The second-order valence-corrected chi connectivity index (χ2v) is 4.93. The SMILES string of the molecule is CC(C)(N)C1(c2cc(F)ccc2F)CC1. The van der Waals surface area contributed by atoms with Crippen molar-refractivity contribution in [1.29, 1.82) is 0 Å². The summed E-state index contributed by atoms with van der Waals surface area (Å²) in [5, 5.41) is 0. The molecule has 1 aromatic rings. The molecule has 15 heavy (non-hydrogen) atoms. The van der Waals surface area contributed by atoms with E-state index in [9.17, 15) is 8.78 Å². The van der Waals surface area contributed by atoms with Crippen LogP contribution in [0.2, 0.25) is 0 Å². The van der Waals surface area contributed by atoms with Crippen molar-refractivity contribution in [3.8, 4) is 0 Å². The fourth-order valence-electron chi connectivity index (χ4n) is 2.25. The van der Waals surface area contributed by atoms with Crippen molar-refractivity contribution in [2.75, 3.05) is 0 Å². The number of nitrogens with two attached hydrogens (primary N) is 1. The standard InChI is InChI=1S/C12H15F2N/c1-11(2,15)12(5-6-12)9-7-8(13)3-4-10(9)14/h3-4,7H,5-6,15H2,1-2H3. The average molecular weight is 211 g/mol. The third-order valence-corrected chi connectivity index (χ3v) is 3.43. The third-order valence-electron chi connectivity index (χ3n) is 3.43. The largest absolute Gasteiger partial charge is 0.325 e. The molecule has 1 aliphatic rings. The number of hydrogen-bond donors (Lipinski definition) is 1. The summed E-state index contributed by atoms with van der Waals surface area (Å²) in [6.07, 6.45) is 1.66. The molecule has 0 heterocycles. The molecule has 0 saturated heterocycles. The lowest BCUT2D eigenvalue weighted by Gasteiger charge is -2.31. The fourth-order valence-corrected chi connectivity index (χ4v) is 2.25. The molecule has 0 radical (unpaired) electrons. The molecule has 1 saturated carbocycles. The highest BCUT2D eigenvalue weighted by Gasteiger charge is 2.55. The van der Waals surface area contributed by atoms with Gasteiger partial charge in [0.15, 0.2) is 0 Å². The molecule has 0 atom stereocenters. The highest BCUT2D eigenvalue weighted by Crippen LogP contribution is 2.55. The van der Waals surface area contributed by atoms with E-state index in [0.29, 0.717) is 5.56 Å². The summed E-state index contributed by atoms with van der Waals surface area (Å²) in [6, 6.07) is 3.59. The van der Waals surface area contributed by atoms with Gasteiger partial charge in [0.25, 0.3) is 0 Å². The van der Waals surface area contributed by atoms with Gasteiger partial charge in [0.1, 0.15) is 11.6 Å². The predicted molar refractivity (Wildman–Crippen MR) is 55.5 cm³/mol. The molecule has 82 valence electrons. The first-order chi connectivity index (χ1) is 6.87. The van der Waals surface area contributed by atoms with Gasteiger partial charge in [-0.2, -0.15) is 0 Å². The molecular weight excluding hydrogens is 196 g/mol. The monoisotopic (exact) mass is 211 g/mol. The van der Waals surface area contributed by atoms with Crippen molar-refractivity contribution in [2.24, 2.45) is 5.73 Å². The summed E-state index contributed by atoms with van der Waals surface area (Å²) < 4.78 is 26.7. The lowest BCUT2D eigenvalue weighted by atomic mass is 9.79. The van der Waals surface area contributed by atoms with E-state index in [1.54, 1.807) is 0 Å². The fraction of sp³-hybridized carbons (Fsp3) is 0.500. The molecule has 0 aliphatic heterocycles. The minimum Gasteiger partial charge on any atom is -0.325 e. The van der Waals surface area contributed by atoms with Crippen molar-refractivity contribution < 1.29 is 8.78 Å². The van der Waals surface area contributed by atoms with E-state index in [1.165, 1.54) is 12.1 Å². The maximum atomic E-state index is 13.6. The normalized spacial score (nSPS) is 19.0. The van der Waals surface area contributed by atoms with Crippen LogP contribution < -0.4 is 5.73 Å². The van der Waals surface area contributed by atoms with Gasteiger partial charge in [-0.15, -0.1) is 0 Å². The zero-order chi connectivity index (χ0) is 11.3. The molecule has 2 rings (SSSR count). The second kappa shape index (κ2) is 3.01. The summed E-state index contributed by atoms with van der Waals surface area (Å²) in [4.78, 5) is 0. The Morgan fingerprint density at radius 3 is 2.33 bits per heavy atom. The highest BCUT2D eigenvalue weighted by atomic mass is 19.1. The van der Waals surface area contributed by atoms with Gasteiger partial charge in [0.05, 0.1) is 0 Å². The van der Waals surface area contributed by atoms with Crippen molar-refractivity contribution >= 4 is 0 Å². The van der Waals surface area contributed by atoms with E-state index < -0.39 is 11.4 Å². The molecule has 2 N–H and O–H groups in total. The Hall–Kier alpha value is -0.960. The van der Waals surface area contributed by atoms with Crippen molar-refractivity contribution in [3.63, 3.8) is 0 Å². The summed E-state index contributed by atoms with van der Waals surface area (Å²) in [5.41, 5.74) is 5.58. The minimum atomic E-state index is -0.512. The Morgan fingerprint density at radius 1 is 1.27 bits per heavy atom. The second-order valence-electron chi connectivity index (χ2n) is 4.93. The van der Waals surface area contributed by atoms with E-state index in [-0.39, 0.29) is 11.2 Å². The van der Waals surface area contributed by atoms with Gasteiger partial charge in [-0.3, -0.25) is 0 Å². The van der Waals surface area contributed by atoms with Gasteiger partial charge in [-0.05, 0) is 50.5 Å². The van der Waals surface area contributed by atoms with E-state index in [0.717, 1.165) is 18.9 Å². The van der Waals surface area contributed by atoms with Crippen LogP contribution in [0.25, 0.3) is 0 Å². The minimum absolute atomic E-state index is 0.354. The van der Waals surface area contributed by atoms with Crippen LogP contribution in [0.15, 0.2) is 18.2 Å².